The van der Waals surface area contributed by atoms with Crippen LogP contribution in [0.1, 0.15) is 32.9 Å². The topological polar surface area (TPSA) is 31.2 Å². The number of halogens is 1. The average Bonchev–Trinajstić information content (AvgIpc) is 3.02. The van der Waals surface area contributed by atoms with Crippen LogP contribution in [0, 0.1) is 27.7 Å². The molecule has 0 spiro atoms. The summed E-state index contributed by atoms with van der Waals surface area (Å²) in [5.41, 5.74) is 6.25. The van der Waals surface area contributed by atoms with Crippen molar-refractivity contribution in [3.8, 4) is 11.4 Å². The van der Waals surface area contributed by atoms with Crippen LogP contribution in [-0.4, -0.2) is 17.0 Å². The Bertz CT molecular complexity index is 1270. The van der Waals surface area contributed by atoms with Crippen LogP contribution in [0.4, 0.5) is 0 Å². The van der Waals surface area contributed by atoms with Crippen LogP contribution in [0.25, 0.3) is 16.5 Å². The van der Waals surface area contributed by atoms with E-state index >= 15 is 0 Å². The standard InChI is InChI=1S/C26H24BrNO2/c1-16-5-9-23(11-17(16)2)28-18(3)12-25(19(28)4)26(29)15-30-24-10-7-20-13-22(27)8-6-21(20)14-24/h5-14H,15H2,1-4H3. The van der Waals surface area contributed by atoms with E-state index in [0.717, 1.165) is 32.3 Å². The number of hydrogen-bond acceptors (Lipinski definition) is 2. The quantitative estimate of drug-likeness (QED) is 0.303. The Morgan fingerprint density at radius 3 is 2.37 bits per heavy atom. The molecule has 3 nitrogen and oxygen atoms in total. The highest BCUT2D eigenvalue weighted by Crippen LogP contribution is 2.26. The third-order valence-corrected chi connectivity index (χ3v) is 6.12. The fourth-order valence-corrected chi connectivity index (χ4v) is 4.20. The largest absolute Gasteiger partial charge is 0.485 e. The van der Waals surface area contributed by atoms with E-state index in [9.17, 15) is 4.79 Å². The molecule has 0 bridgehead atoms. The van der Waals surface area contributed by atoms with Gasteiger partial charge in [0.1, 0.15) is 5.75 Å². The Balaban J connectivity index is 1.55. The average molecular weight is 462 g/mol. The van der Waals surface area contributed by atoms with Crippen LogP contribution in [0.5, 0.6) is 5.75 Å². The molecule has 0 amide bonds. The van der Waals surface area contributed by atoms with Crippen molar-refractivity contribution in [2.24, 2.45) is 0 Å². The molecule has 0 aliphatic carbocycles. The molecule has 0 saturated heterocycles. The Hall–Kier alpha value is -2.85. The molecular formula is C26H24BrNO2. The van der Waals surface area contributed by atoms with Crippen LogP contribution in [-0.2, 0) is 0 Å². The molecule has 0 unspecified atom stereocenters. The van der Waals surface area contributed by atoms with Gasteiger partial charge in [0.2, 0.25) is 5.78 Å². The van der Waals surface area contributed by atoms with Crippen molar-refractivity contribution in [3.05, 3.63) is 93.2 Å². The number of aryl methyl sites for hydroxylation is 3. The first-order valence-electron chi connectivity index (χ1n) is 9.95. The minimum atomic E-state index is -0.0194. The summed E-state index contributed by atoms with van der Waals surface area (Å²) >= 11 is 3.49. The number of fused-ring (bicyclic) bond motifs is 1. The molecule has 3 aromatic carbocycles. The number of benzene rings is 3. The lowest BCUT2D eigenvalue weighted by atomic mass is 10.1. The maximum atomic E-state index is 12.9. The van der Waals surface area contributed by atoms with E-state index in [1.165, 1.54) is 11.1 Å². The van der Waals surface area contributed by atoms with Crippen LogP contribution in [0.3, 0.4) is 0 Å². The highest BCUT2D eigenvalue weighted by atomic mass is 79.9. The fraction of sp³-hybridized carbons (Fsp3) is 0.192. The van der Waals surface area contributed by atoms with Gasteiger partial charge in [-0.1, -0.05) is 34.1 Å². The van der Waals surface area contributed by atoms with Crippen molar-refractivity contribution in [1.29, 1.82) is 0 Å². The zero-order valence-electron chi connectivity index (χ0n) is 17.6. The van der Waals surface area contributed by atoms with Gasteiger partial charge >= 0.3 is 0 Å². The Morgan fingerprint density at radius 1 is 0.867 bits per heavy atom. The maximum Gasteiger partial charge on any atom is 0.202 e. The summed E-state index contributed by atoms with van der Waals surface area (Å²) in [6, 6.07) is 20.3. The highest BCUT2D eigenvalue weighted by molar-refractivity contribution is 9.10. The predicted molar refractivity (Wildman–Crippen MR) is 126 cm³/mol. The van der Waals surface area contributed by atoms with E-state index in [2.05, 4.69) is 58.6 Å². The molecule has 0 atom stereocenters. The van der Waals surface area contributed by atoms with Gasteiger partial charge in [0.05, 0.1) is 0 Å². The number of nitrogens with zero attached hydrogens (tertiary/aromatic N) is 1. The van der Waals surface area contributed by atoms with Gasteiger partial charge in [-0.2, -0.15) is 0 Å². The van der Waals surface area contributed by atoms with E-state index in [4.69, 9.17) is 4.74 Å². The first-order chi connectivity index (χ1) is 14.3. The molecule has 0 aliphatic heterocycles. The van der Waals surface area contributed by atoms with E-state index in [1.807, 2.05) is 50.2 Å². The molecule has 4 rings (SSSR count). The second-order valence-corrected chi connectivity index (χ2v) is 8.67. The molecule has 30 heavy (non-hydrogen) atoms. The summed E-state index contributed by atoms with van der Waals surface area (Å²) in [7, 11) is 0. The molecule has 0 radical (unpaired) electrons. The molecule has 1 aromatic heterocycles. The van der Waals surface area contributed by atoms with E-state index < -0.39 is 0 Å². The highest BCUT2D eigenvalue weighted by Gasteiger charge is 2.17. The number of aromatic nitrogens is 1. The number of carbonyl (C=O) groups excluding carboxylic acids is 1. The first-order valence-corrected chi connectivity index (χ1v) is 10.7. The van der Waals surface area contributed by atoms with E-state index in [1.54, 1.807) is 0 Å². The number of ether oxygens (including phenoxy) is 1. The van der Waals surface area contributed by atoms with E-state index in [-0.39, 0.29) is 12.4 Å². The van der Waals surface area contributed by atoms with Crippen molar-refractivity contribution in [2.45, 2.75) is 27.7 Å². The molecule has 0 fully saturated rings. The van der Waals surface area contributed by atoms with Gasteiger partial charge in [-0.05, 0) is 92.1 Å². The number of carbonyl (C=O) groups is 1. The molecule has 1 heterocycles. The molecule has 4 heteroatoms. The minimum absolute atomic E-state index is 0.0131. The Morgan fingerprint density at radius 2 is 1.60 bits per heavy atom. The number of hydrogen-bond donors (Lipinski definition) is 0. The van der Waals surface area contributed by atoms with Gasteiger partial charge in [-0.3, -0.25) is 4.79 Å². The molecule has 0 aliphatic rings. The third kappa shape index (κ3) is 3.92. The molecule has 0 N–H and O–H groups in total. The smallest absolute Gasteiger partial charge is 0.202 e. The zero-order chi connectivity index (χ0) is 21.4. The fourth-order valence-electron chi connectivity index (χ4n) is 3.82. The lowest BCUT2D eigenvalue weighted by Gasteiger charge is -2.12. The summed E-state index contributed by atoms with van der Waals surface area (Å²) in [6.07, 6.45) is 0. The van der Waals surface area contributed by atoms with Crippen molar-refractivity contribution in [2.75, 3.05) is 6.61 Å². The van der Waals surface area contributed by atoms with E-state index in [0.29, 0.717) is 11.3 Å². The summed E-state index contributed by atoms with van der Waals surface area (Å²) in [6.45, 7) is 8.24. The van der Waals surface area contributed by atoms with Crippen molar-refractivity contribution in [3.63, 3.8) is 0 Å². The van der Waals surface area contributed by atoms with Gasteiger partial charge < -0.3 is 9.30 Å². The molecular weight excluding hydrogens is 438 g/mol. The monoisotopic (exact) mass is 461 g/mol. The van der Waals surface area contributed by atoms with Gasteiger partial charge in [0.25, 0.3) is 0 Å². The van der Waals surface area contributed by atoms with Gasteiger partial charge in [-0.15, -0.1) is 0 Å². The third-order valence-electron chi connectivity index (χ3n) is 5.62. The second-order valence-electron chi connectivity index (χ2n) is 7.75. The molecule has 0 saturated carbocycles. The second kappa shape index (κ2) is 8.11. The molecule has 4 aromatic rings. The van der Waals surface area contributed by atoms with Gasteiger partial charge in [0, 0.05) is 27.1 Å². The summed E-state index contributed by atoms with van der Waals surface area (Å²) in [4.78, 5) is 12.9. The summed E-state index contributed by atoms with van der Waals surface area (Å²) in [5, 5.41) is 2.20. The van der Waals surface area contributed by atoms with Crippen LogP contribution < -0.4 is 4.74 Å². The van der Waals surface area contributed by atoms with Crippen molar-refractivity contribution < 1.29 is 9.53 Å². The van der Waals surface area contributed by atoms with Gasteiger partial charge in [-0.25, -0.2) is 0 Å². The van der Waals surface area contributed by atoms with Crippen LogP contribution >= 0.6 is 15.9 Å². The summed E-state index contributed by atoms with van der Waals surface area (Å²) < 4.78 is 9.01. The van der Waals surface area contributed by atoms with Crippen LogP contribution in [0.2, 0.25) is 0 Å². The summed E-state index contributed by atoms with van der Waals surface area (Å²) in [5.74, 6) is 0.676. The predicted octanol–water partition coefficient (Wildman–Crippen LogP) is 6.89. The Labute approximate surface area is 185 Å². The van der Waals surface area contributed by atoms with Crippen molar-refractivity contribution in [1.82, 2.24) is 4.57 Å². The Kier molecular flexibility index (Phi) is 5.52. The maximum absolute atomic E-state index is 12.9. The number of rotatable bonds is 5. The lowest BCUT2D eigenvalue weighted by molar-refractivity contribution is 0.0921. The minimum Gasteiger partial charge on any atom is -0.485 e. The lowest BCUT2D eigenvalue weighted by Crippen LogP contribution is -2.12. The van der Waals surface area contributed by atoms with Gasteiger partial charge in [0.15, 0.2) is 6.61 Å². The zero-order valence-corrected chi connectivity index (χ0v) is 19.2. The molecule has 152 valence electrons. The first kappa shape index (κ1) is 20.4. The SMILES string of the molecule is Cc1ccc(-n2c(C)cc(C(=O)COc3ccc4cc(Br)ccc4c3)c2C)cc1C. The van der Waals surface area contributed by atoms with Crippen molar-refractivity contribution >= 4 is 32.5 Å². The van der Waals surface area contributed by atoms with Crippen LogP contribution in [0.15, 0.2) is 65.1 Å². The number of ketones is 1. The normalized spacial score (nSPS) is 11.1. The number of Topliss-reactive ketones (excluding diaryl/α,β-unsaturated/α-hetero) is 1.